The molecule has 24 heavy (non-hydrogen) atoms. The third-order valence-electron chi connectivity index (χ3n) is 3.37. The minimum absolute atomic E-state index is 0.879. The van der Waals surface area contributed by atoms with Crippen LogP contribution in [0.2, 0.25) is 0 Å². The molecule has 6 heteroatoms. The number of thiocarbonyl (C=S) groups is 2. The van der Waals surface area contributed by atoms with Crippen LogP contribution in [0.4, 0.5) is 11.4 Å². The van der Waals surface area contributed by atoms with Crippen molar-refractivity contribution in [2.45, 2.75) is 0 Å². The number of nitrogens with zero attached hydrogens (tertiary/aromatic N) is 2. The fourth-order valence-electron chi connectivity index (χ4n) is 1.97. The smallest absolute Gasteiger partial charge is 0.140 e. The molecule has 0 bridgehead atoms. The van der Waals surface area contributed by atoms with Crippen LogP contribution in [0.25, 0.3) is 0 Å². The second-order valence-electron chi connectivity index (χ2n) is 5.02. The van der Waals surface area contributed by atoms with E-state index in [0.717, 1.165) is 31.5 Å². The molecule has 0 aliphatic heterocycles. The van der Waals surface area contributed by atoms with Crippen LogP contribution < -0.4 is 9.80 Å². The van der Waals surface area contributed by atoms with Gasteiger partial charge in [0.1, 0.15) is 8.64 Å². The van der Waals surface area contributed by atoms with Crippen LogP contribution in [0.5, 0.6) is 0 Å². The van der Waals surface area contributed by atoms with Gasteiger partial charge >= 0.3 is 0 Å². The lowest BCUT2D eigenvalue weighted by molar-refractivity contribution is 1.31. The molecule has 2 rings (SSSR count). The van der Waals surface area contributed by atoms with Gasteiger partial charge in [-0.1, -0.05) is 84.4 Å². The highest BCUT2D eigenvalue weighted by atomic mass is 32.2. The highest BCUT2D eigenvalue weighted by Gasteiger charge is 2.09. The number of benzene rings is 2. The lowest BCUT2D eigenvalue weighted by Gasteiger charge is -2.20. The fourth-order valence-corrected chi connectivity index (χ4v) is 4.29. The SMILES string of the molecule is CN(C(=S)SCCSC(=S)N(C)c1ccccc1)c1ccccc1. The monoisotopic (exact) mass is 392 g/mol. The number of anilines is 2. The summed E-state index contributed by atoms with van der Waals surface area (Å²) in [5, 5.41) is 0. The molecule has 0 heterocycles. The minimum Gasteiger partial charge on any atom is -0.330 e. The van der Waals surface area contributed by atoms with Crippen LogP contribution >= 0.6 is 48.0 Å². The maximum absolute atomic E-state index is 5.50. The quantitative estimate of drug-likeness (QED) is 0.500. The number of thioether (sulfide) groups is 2. The average Bonchev–Trinajstić information content (AvgIpc) is 2.65. The zero-order valence-corrected chi connectivity index (χ0v) is 17.0. The molecule has 0 atom stereocenters. The number of para-hydroxylation sites is 2. The summed E-state index contributed by atoms with van der Waals surface area (Å²) in [4.78, 5) is 4.08. The summed E-state index contributed by atoms with van der Waals surface area (Å²) >= 11 is 14.4. The zero-order valence-electron chi connectivity index (χ0n) is 13.7. The first kappa shape index (κ1) is 19.2. The second-order valence-corrected chi connectivity index (χ2v) is 8.48. The van der Waals surface area contributed by atoms with Gasteiger partial charge in [0.2, 0.25) is 0 Å². The van der Waals surface area contributed by atoms with Crippen LogP contribution in [0.15, 0.2) is 60.7 Å². The molecule has 0 aliphatic carbocycles. The maximum Gasteiger partial charge on any atom is 0.140 e. The van der Waals surface area contributed by atoms with E-state index in [4.69, 9.17) is 24.4 Å². The second kappa shape index (κ2) is 10.0. The predicted molar refractivity (Wildman–Crippen MR) is 120 cm³/mol. The van der Waals surface area contributed by atoms with Gasteiger partial charge in [0.15, 0.2) is 0 Å². The molecule has 0 aromatic heterocycles. The van der Waals surface area contributed by atoms with Crippen molar-refractivity contribution in [1.29, 1.82) is 0 Å². The average molecular weight is 393 g/mol. The topological polar surface area (TPSA) is 6.48 Å². The summed E-state index contributed by atoms with van der Waals surface area (Å²) in [5.74, 6) is 1.87. The van der Waals surface area contributed by atoms with Crippen LogP contribution in [0.1, 0.15) is 0 Å². The van der Waals surface area contributed by atoms with Gasteiger partial charge in [-0.3, -0.25) is 0 Å². The Bertz CT molecular complexity index is 602. The molecule has 0 radical (unpaired) electrons. The molecule has 0 spiro atoms. The van der Waals surface area contributed by atoms with Crippen molar-refractivity contribution in [3.63, 3.8) is 0 Å². The van der Waals surface area contributed by atoms with E-state index < -0.39 is 0 Å². The zero-order chi connectivity index (χ0) is 17.4. The first-order chi connectivity index (χ1) is 11.6. The van der Waals surface area contributed by atoms with Crippen molar-refractivity contribution in [1.82, 2.24) is 0 Å². The van der Waals surface area contributed by atoms with Gasteiger partial charge in [0, 0.05) is 37.0 Å². The molecule has 0 saturated carbocycles. The Morgan fingerprint density at radius 3 is 1.38 bits per heavy atom. The van der Waals surface area contributed by atoms with E-state index >= 15 is 0 Å². The molecule has 126 valence electrons. The summed E-state index contributed by atoms with van der Waals surface area (Å²) in [7, 11) is 4.01. The lowest BCUT2D eigenvalue weighted by atomic mass is 10.3. The van der Waals surface area contributed by atoms with E-state index in [1.54, 1.807) is 23.5 Å². The summed E-state index contributed by atoms with van der Waals surface area (Å²) in [5.41, 5.74) is 2.23. The molecule has 0 unspecified atom stereocenters. The summed E-state index contributed by atoms with van der Waals surface area (Å²) in [6.45, 7) is 0. The molecule has 0 fully saturated rings. The highest BCUT2D eigenvalue weighted by molar-refractivity contribution is 8.26. The first-order valence-electron chi connectivity index (χ1n) is 7.50. The lowest BCUT2D eigenvalue weighted by Crippen LogP contribution is -2.23. The largest absolute Gasteiger partial charge is 0.330 e. The highest BCUT2D eigenvalue weighted by Crippen LogP contribution is 2.21. The maximum atomic E-state index is 5.50. The van der Waals surface area contributed by atoms with Crippen LogP contribution in [0.3, 0.4) is 0 Å². The van der Waals surface area contributed by atoms with Gasteiger partial charge in [-0.05, 0) is 24.3 Å². The molecule has 0 N–H and O–H groups in total. The number of rotatable bonds is 5. The Morgan fingerprint density at radius 1 is 0.708 bits per heavy atom. The van der Waals surface area contributed by atoms with Gasteiger partial charge < -0.3 is 9.80 Å². The van der Waals surface area contributed by atoms with Gasteiger partial charge in [0.05, 0.1) is 0 Å². The van der Waals surface area contributed by atoms with E-state index in [0.29, 0.717) is 0 Å². The number of hydrogen-bond donors (Lipinski definition) is 0. The van der Waals surface area contributed by atoms with E-state index in [1.165, 1.54) is 0 Å². The van der Waals surface area contributed by atoms with Gasteiger partial charge in [-0.2, -0.15) is 0 Å². The van der Waals surface area contributed by atoms with Gasteiger partial charge in [0.25, 0.3) is 0 Å². The molecule has 2 nitrogen and oxygen atoms in total. The molecular formula is C18H20N2S4. The molecule has 0 aliphatic rings. The Labute approximate surface area is 163 Å². The molecule has 2 aromatic carbocycles. The predicted octanol–water partition coefficient (Wildman–Crippen LogP) is 5.30. The third kappa shape index (κ3) is 5.77. The van der Waals surface area contributed by atoms with Crippen molar-refractivity contribution < 1.29 is 0 Å². The van der Waals surface area contributed by atoms with Gasteiger partial charge in [-0.15, -0.1) is 0 Å². The van der Waals surface area contributed by atoms with E-state index in [1.807, 2.05) is 60.3 Å². The summed E-state index contributed by atoms with van der Waals surface area (Å²) < 4.78 is 1.76. The Morgan fingerprint density at radius 2 is 1.04 bits per heavy atom. The third-order valence-corrected chi connectivity index (χ3v) is 6.74. The van der Waals surface area contributed by atoms with Gasteiger partial charge in [-0.25, -0.2) is 0 Å². The van der Waals surface area contributed by atoms with Crippen LogP contribution in [-0.2, 0) is 0 Å². The van der Waals surface area contributed by atoms with Crippen LogP contribution in [0, 0.1) is 0 Å². The fraction of sp³-hybridized carbons (Fsp3) is 0.222. The Hall–Kier alpha value is -1.08. The standard InChI is InChI=1S/C18H20N2S4/c1-19(15-9-5-3-6-10-15)17(21)23-13-14-24-18(22)20(2)16-11-7-4-8-12-16/h3-12H,13-14H2,1-2H3. The van der Waals surface area contributed by atoms with Crippen molar-refractivity contribution in [3.05, 3.63) is 60.7 Å². The van der Waals surface area contributed by atoms with Crippen molar-refractivity contribution in [3.8, 4) is 0 Å². The van der Waals surface area contributed by atoms with Crippen LogP contribution in [-0.4, -0.2) is 34.2 Å². The Kier molecular flexibility index (Phi) is 8.05. The minimum atomic E-state index is 0.879. The van der Waals surface area contributed by atoms with Crippen molar-refractivity contribution in [2.75, 3.05) is 35.4 Å². The molecular weight excluding hydrogens is 372 g/mol. The summed E-state index contributed by atoms with van der Waals surface area (Å²) in [6.07, 6.45) is 0. The number of hydrogen-bond acceptors (Lipinski definition) is 4. The van der Waals surface area contributed by atoms with Crippen molar-refractivity contribution >= 4 is 68.0 Å². The normalized spacial score (nSPS) is 10.2. The Balaban J connectivity index is 1.72. The molecule has 2 aromatic rings. The molecule has 0 saturated heterocycles. The molecule has 0 amide bonds. The van der Waals surface area contributed by atoms with Crippen molar-refractivity contribution in [2.24, 2.45) is 0 Å². The van der Waals surface area contributed by atoms with E-state index in [9.17, 15) is 0 Å². The first-order valence-corrected chi connectivity index (χ1v) is 10.3. The van der Waals surface area contributed by atoms with E-state index in [-0.39, 0.29) is 0 Å². The summed E-state index contributed by atoms with van der Waals surface area (Å²) in [6, 6.07) is 20.3. The van der Waals surface area contributed by atoms with E-state index in [2.05, 4.69) is 24.3 Å².